The minimum atomic E-state index is -0.194. The summed E-state index contributed by atoms with van der Waals surface area (Å²) in [5, 5.41) is 7.52. The molecule has 0 aliphatic carbocycles. The average Bonchev–Trinajstić information content (AvgIpc) is 3.30. The zero-order valence-electron chi connectivity index (χ0n) is 16.0. The third kappa shape index (κ3) is 3.01. The van der Waals surface area contributed by atoms with Gasteiger partial charge in [0, 0.05) is 30.1 Å². The molecule has 5 heteroatoms. The zero-order chi connectivity index (χ0) is 19.8. The molecule has 142 valence electrons. The van der Waals surface area contributed by atoms with Crippen LogP contribution in [0.4, 0.5) is 0 Å². The van der Waals surface area contributed by atoms with E-state index >= 15 is 0 Å². The van der Waals surface area contributed by atoms with E-state index in [1.807, 2.05) is 47.4 Å². The number of pyridine rings is 1. The van der Waals surface area contributed by atoms with Crippen LogP contribution in [0.2, 0.25) is 0 Å². The summed E-state index contributed by atoms with van der Waals surface area (Å²) in [4.78, 5) is 19.3. The lowest BCUT2D eigenvalue weighted by Crippen LogP contribution is -2.29. The lowest BCUT2D eigenvalue weighted by Gasteiger charge is -2.26. The maximum absolute atomic E-state index is 13.3. The number of hydrogen-bond donors (Lipinski definition) is 1. The maximum Gasteiger partial charge on any atom is 0.273 e. The van der Waals surface area contributed by atoms with Crippen molar-refractivity contribution in [3.63, 3.8) is 0 Å². The minimum Gasteiger partial charge on any atom is -0.322 e. The van der Waals surface area contributed by atoms with Crippen LogP contribution in [0.25, 0.3) is 11.3 Å². The van der Waals surface area contributed by atoms with Crippen LogP contribution in [-0.2, 0) is 6.54 Å². The first kappa shape index (κ1) is 17.4. The van der Waals surface area contributed by atoms with Crippen molar-refractivity contribution in [1.29, 1.82) is 0 Å². The van der Waals surface area contributed by atoms with Crippen LogP contribution in [0.3, 0.4) is 0 Å². The number of carbonyl (C=O) groups is 1. The molecule has 29 heavy (non-hydrogen) atoms. The Labute approximate surface area is 169 Å². The standard InChI is InChI=1S/C24H20N4O/c1-16-7-9-19(10-8-16)23-20-21(18-5-3-2-4-6-18)26-27-22(20)24(29)28(23)15-17-11-13-25-14-12-17/h2-14,23H,15H2,1H3,(H,26,27). The molecule has 0 fully saturated rings. The Morgan fingerprint density at radius 3 is 2.41 bits per heavy atom. The highest BCUT2D eigenvalue weighted by atomic mass is 16.2. The van der Waals surface area contributed by atoms with Crippen LogP contribution >= 0.6 is 0 Å². The number of benzene rings is 2. The van der Waals surface area contributed by atoms with Crippen molar-refractivity contribution < 1.29 is 4.79 Å². The van der Waals surface area contributed by atoms with Gasteiger partial charge in [-0.05, 0) is 30.2 Å². The van der Waals surface area contributed by atoms with Gasteiger partial charge in [-0.2, -0.15) is 5.10 Å². The number of carbonyl (C=O) groups excluding carboxylic acids is 1. The Morgan fingerprint density at radius 2 is 1.69 bits per heavy atom. The van der Waals surface area contributed by atoms with Crippen molar-refractivity contribution in [3.8, 4) is 11.3 Å². The highest BCUT2D eigenvalue weighted by Crippen LogP contribution is 2.43. The van der Waals surface area contributed by atoms with Crippen LogP contribution in [0, 0.1) is 6.92 Å². The van der Waals surface area contributed by atoms with Crippen molar-refractivity contribution in [3.05, 3.63) is 107 Å². The van der Waals surface area contributed by atoms with Gasteiger partial charge in [0.25, 0.3) is 5.91 Å². The first-order chi connectivity index (χ1) is 14.2. The van der Waals surface area contributed by atoms with Crippen LogP contribution in [0.5, 0.6) is 0 Å². The van der Waals surface area contributed by atoms with Gasteiger partial charge < -0.3 is 4.90 Å². The highest BCUT2D eigenvalue weighted by Gasteiger charge is 2.42. The van der Waals surface area contributed by atoms with E-state index in [-0.39, 0.29) is 11.9 Å². The van der Waals surface area contributed by atoms with E-state index in [2.05, 4.69) is 46.4 Å². The summed E-state index contributed by atoms with van der Waals surface area (Å²) in [6, 6.07) is 22.1. The second-order valence-corrected chi connectivity index (χ2v) is 7.33. The summed E-state index contributed by atoms with van der Waals surface area (Å²) in [7, 11) is 0. The topological polar surface area (TPSA) is 61.9 Å². The van der Waals surface area contributed by atoms with E-state index in [4.69, 9.17) is 0 Å². The van der Waals surface area contributed by atoms with Crippen molar-refractivity contribution in [2.75, 3.05) is 0 Å². The van der Waals surface area contributed by atoms with Gasteiger partial charge in [0.05, 0.1) is 11.7 Å². The van der Waals surface area contributed by atoms with Gasteiger partial charge in [-0.1, -0.05) is 60.2 Å². The molecule has 0 bridgehead atoms. The summed E-state index contributed by atoms with van der Waals surface area (Å²) in [6.07, 6.45) is 3.51. The van der Waals surface area contributed by atoms with E-state index < -0.39 is 0 Å². The molecular formula is C24H20N4O. The van der Waals surface area contributed by atoms with Gasteiger partial charge in [-0.25, -0.2) is 0 Å². The van der Waals surface area contributed by atoms with Crippen LogP contribution in [0.15, 0.2) is 79.1 Å². The molecule has 3 heterocycles. The molecule has 5 rings (SSSR count). The van der Waals surface area contributed by atoms with E-state index in [0.717, 1.165) is 27.9 Å². The number of aromatic amines is 1. The third-order valence-electron chi connectivity index (χ3n) is 5.41. The summed E-state index contributed by atoms with van der Waals surface area (Å²) in [5.74, 6) is -0.0305. The van der Waals surface area contributed by atoms with Crippen molar-refractivity contribution >= 4 is 5.91 Å². The second-order valence-electron chi connectivity index (χ2n) is 7.33. The normalized spacial score (nSPS) is 15.6. The van der Waals surface area contributed by atoms with Gasteiger partial charge in [0.2, 0.25) is 0 Å². The molecular weight excluding hydrogens is 360 g/mol. The number of nitrogens with zero attached hydrogens (tertiary/aromatic N) is 3. The molecule has 0 saturated carbocycles. The number of amides is 1. The highest BCUT2D eigenvalue weighted by molar-refractivity contribution is 6.00. The summed E-state index contributed by atoms with van der Waals surface area (Å²) < 4.78 is 0. The zero-order valence-corrected chi connectivity index (χ0v) is 16.0. The molecule has 1 unspecified atom stereocenters. The van der Waals surface area contributed by atoms with Gasteiger partial charge >= 0.3 is 0 Å². The number of rotatable bonds is 4. The Kier molecular flexibility index (Phi) is 4.21. The molecule has 2 aromatic heterocycles. The minimum absolute atomic E-state index is 0.0305. The van der Waals surface area contributed by atoms with Gasteiger partial charge in [-0.3, -0.25) is 14.9 Å². The molecule has 0 radical (unpaired) electrons. The number of aromatic nitrogens is 3. The largest absolute Gasteiger partial charge is 0.322 e. The van der Waals surface area contributed by atoms with Crippen LogP contribution in [-0.4, -0.2) is 26.0 Å². The molecule has 1 atom stereocenters. The van der Waals surface area contributed by atoms with E-state index in [0.29, 0.717) is 12.2 Å². The Hall–Kier alpha value is -3.73. The van der Waals surface area contributed by atoms with Crippen LogP contribution < -0.4 is 0 Å². The second kappa shape index (κ2) is 7.02. The fraction of sp³-hybridized carbons (Fsp3) is 0.125. The monoisotopic (exact) mass is 380 g/mol. The molecule has 2 aromatic carbocycles. The molecule has 0 saturated heterocycles. The van der Waals surface area contributed by atoms with E-state index in [1.165, 1.54) is 5.56 Å². The Balaban J connectivity index is 1.65. The predicted octanol–water partition coefficient (Wildman–Crippen LogP) is 4.53. The smallest absolute Gasteiger partial charge is 0.273 e. The first-order valence-corrected chi connectivity index (χ1v) is 9.62. The van der Waals surface area contributed by atoms with Gasteiger partial charge in [0.15, 0.2) is 0 Å². The predicted molar refractivity (Wildman–Crippen MR) is 111 cm³/mol. The fourth-order valence-corrected chi connectivity index (χ4v) is 3.96. The lowest BCUT2D eigenvalue weighted by molar-refractivity contribution is 0.0730. The van der Waals surface area contributed by atoms with E-state index in [9.17, 15) is 4.79 Å². The maximum atomic E-state index is 13.3. The van der Waals surface area contributed by atoms with Crippen LogP contribution in [0.1, 0.15) is 38.8 Å². The number of hydrogen-bond acceptors (Lipinski definition) is 3. The molecule has 1 N–H and O–H groups in total. The lowest BCUT2D eigenvalue weighted by atomic mass is 9.95. The number of H-pyrrole nitrogens is 1. The van der Waals surface area contributed by atoms with E-state index in [1.54, 1.807) is 12.4 Å². The molecule has 1 amide bonds. The molecule has 1 aliphatic rings. The number of fused-ring (bicyclic) bond motifs is 1. The first-order valence-electron chi connectivity index (χ1n) is 9.62. The summed E-state index contributed by atoms with van der Waals surface area (Å²) in [5.41, 5.74) is 6.66. The molecule has 1 aliphatic heterocycles. The fourth-order valence-electron chi connectivity index (χ4n) is 3.96. The number of nitrogens with one attached hydrogen (secondary N) is 1. The van der Waals surface area contributed by atoms with Crippen molar-refractivity contribution in [2.24, 2.45) is 0 Å². The quantitative estimate of drug-likeness (QED) is 0.566. The Morgan fingerprint density at radius 1 is 0.966 bits per heavy atom. The van der Waals surface area contributed by atoms with Crippen molar-refractivity contribution in [2.45, 2.75) is 19.5 Å². The summed E-state index contributed by atoms with van der Waals surface area (Å²) >= 11 is 0. The molecule has 4 aromatic rings. The molecule has 0 spiro atoms. The average molecular weight is 380 g/mol. The molecule has 5 nitrogen and oxygen atoms in total. The SMILES string of the molecule is Cc1ccc(C2c3c(-c4ccccc4)n[nH]c3C(=O)N2Cc2ccncc2)cc1. The third-order valence-corrected chi connectivity index (χ3v) is 5.41. The van der Waals surface area contributed by atoms with Gasteiger partial charge in [-0.15, -0.1) is 0 Å². The summed E-state index contributed by atoms with van der Waals surface area (Å²) in [6.45, 7) is 2.58. The number of aryl methyl sites for hydroxylation is 1. The van der Waals surface area contributed by atoms with Crippen molar-refractivity contribution in [1.82, 2.24) is 20.1 Å². The Bertz CT molecular complexity index is 1150. The van der Waals surface area contributed by atoms with Gasteiger partial charge in [0.1, 0.15) is 5.69 Å².